The third-order valence-electron chi connectivity index (χ3n) is 10.0. The standard InChI is InChI=1S/C44H85O8P/c1-3-5-7-9-11-13-15-16-17-18-19-20-21-22-23-24-25-26-27-29-30-32-34-36-38-43(45)50-40-42(41-51-53(47,48)49)52-44(46)39-37-35-33-31-28-14-12-10-8-6-4-2/h10,12,42H,3-9,11,13-41H2,1-2H3,(H2,47,48,49)/b12-10-. The van der Waals surface area contributed by atoms with E-state index in [1.807, 2.05) is 0 Å². The van der Waals surface area contributed by atoms with Crippen molar-refractivity contribution in [1.82, 2.24) is 0 Å². The van der Waals surface area contributed by atoms with Crippen molar-refractivity contribution in [2.45, 2.75) is 245 Å². The molecule has 0 spiro atoms. The molecule has 314 valence electrons. The zero-order valence-corrected chi connectivity index (χ0v) is 35.6. The van der Waals surface area contributed by atoms with Crippen LogP contribution in [0.5, 0.6) is 0 Å². The molecule has 0 fully saturated rings. The van der Waals surface area contributed by atoms with Gasteiger partial charge in [0, 0.05) is 12.8 Å². The van der Waals surface area contributed by atoms with Gasteiger partial charge in [-0.2, -0.15) is 0 Å². The van der Waals surface area contributed by atoms with E-state index >= 15 is 0 Å². The van der Waals surface area contributed by atoms with Gasteiger partial charge in [-0.05, 0) is 32.1 Å². The predicted molar refractivity (Wildman–Crippen MR) is 221 cm³/mol. The molecule has 0 amide bonds. The minimum Gasteiger partial charge on any atom is -0.462 e. The number of rotatable bonds is 42. The number of allylic oxidation sites excluding steroid dienone is 2. The lowest BCUT2D eigenvalue weighted by atomic mass is 10.0. The molecule has 0 radical (unpaired) electrons. The molecule has 0 saturated heterocycles. The molecule has 0 aliphatic rings. The number of esters is 2. The van der Waals surface area contributed by atoms with Crippen molar-refractivity contribution in [1.29, 1.82) is 0 Å². The van der Waals surface area contributed by atoms with Gasteiger partial charge in [-0.25, -0.2) is 4.57 Å². The van der Waals surface area contributed by atoms with Crippen LogP contribution >= 0.6 is 7.82 Å². The third kappa shape index (κ3) is 43.4. The van der Waals surface area contributed by atoms with Crippen LogP contribution in [0.2, 0.25) is 0 Å². The van der Waals surface area contributed by atoms with E-state index in [-0.39, 0.29) is 19.4 Å². The Morgan fingerprint density at radius 3 is 1.21 bits per heavy atom. The minimum atomic E-state index is -4.75. The highest BCUT2D eigenvalue weighted by atomic mass is 31.2. The van der Waals surface area contributed by atoms with Crippen LogP contribution in [0.3, 0.4) is 0 Å². The number of hydrogen-bond acceptors (Lipinski definition) is 6. The minimum absolute atomic E-state index is 0.205. The first-order valence-electron chi connectivity index (χ1n) is 22.5. The van der Waals surface area contributed by atoms with E-state index in [4.69, 9.17) is 19.3 Å². The van der Waals surface area contributed by atoms with E-state index in [9.17, 15) is 14.2 Å². The van der Waals surface area contributed by atoms with E-state index in [0.717, 1.165) is 57.8 Å². The van der Waals surface area contributed by atoms with Crippen molar-refractivity contribution < 1.29 is 37.9 Å². The summed E-state index contributed by atoms with van der Waals surface area (Å²) in [6.45, 7) is 3.66. The summed E-state index contributed by atoms with van der Waals surface area (Å²) in [5.41, 5.74) is 0. The number of hydrogen-bond donors (Lipinski definition) is 2. The van der Waals surface area contributed by atoms with Gasteiger partial charge in [-0.15, -0.1) is 0 Å². The van der Waals surface area contributed by atoms with Crippen molar-refractivity contribution in [2.24, 2.45) is 0 Å². The molecule has 0 bridgehead atoms. The Labute approximate surface area is 327 Å². The van der Waals surface area contributed by atoms with Crippen molar-refractivity contribution in [3.8, 4) is 0 Å². The fourth-order valence-corrected chi connectivity index (χ4v) is 7.01. The Hall–Kier alpha value is -1.21. The molecular formula is C44H85O8P. The average Bonchev–Trinajstić information content (AvgIpc) is 3.13. The van der Waals surface area contributed by atoms with Crippen LogP contribution in [0.15, 0.2) is 12.2 Å². The van der Waals surface area contributed by atoms with Gasteiger partial charge in [0.15, 0.2) is 6.10 Å². The number of phosphoric acid groups is 1. The van der Waals surface area contributed by atoms with Gasteiger partial charge in [0.2, 0.25) is 0 Å². The van der Waals surface area contributed by atoms with E-state index in [0.29, 0.717) is 6.42 Å². The van der Waals surface area contributed by atoms with Crippen LogP contribution in [-0.4, -0.2) is 41.0 Å². The van der Waals surface area contributed by atoms with Gasteiger partial charge in [-0.1, -0.05) is 206 Å². The zero-order chi connectivity index (χ0) is 38.9. The maximum atomic E-state index is 12.4. The molecule has 0 aromatic heterocycles. The fraction of sp³-hybridized carbons (Fsp3) is 0.909. The SMILES string of the molecule is CCCC/C=C\CCCCCCCC(=O)OC(COC(=O)CCCCCCCCCCCCCCCCCCCCCCCCCC)COP(=O)(O)O. The lowest BCUT2D eigenvalue weighted by Crippen LogP contribution is -2.29. The second-order valence-electron chi connectivity index (χ2n) is 15.4. The number of phosphoric ester groups is 1. The molecule has 1 atom stereocenters. The predicted octanol–water partition coefficient (Wildman–Crippen LogP) is 13.8. The molecule has 2 N–H and O–H groups in total. The number of carbonyl (C=O) groups excluding carboxylic acids is 2. The maximum absolute atomic E-state index is 12.4. The zero-order valence-electron chi connectivity index (χ0n) is 34.7. The lowest BCUT2D eigenvalue weighted by Gasteiger charge is -2.18. The summed E-state index contributed by atoms with van der Waals surface area (Å²) in [6.07, 6.45) is 45.3. The summed E-state index contributed by atoms with van der Waals surface area (Å²) in [7, 11) is -4.75. The molecular weight excluding hydrogens is 687 g/mol. The Kier molecular flexibility index (Phi) is 39.5. The van der Waals surface area contributed by atoms with Crippen LogP contribution in [-0.2, 0) is 28.2 Å². The van der Waals surface area contributed by atoms with Gasteiger partial charge in [0.05, 0.1) is 6.61 Å². The van der Waals surface area contributed by atoms with Gasteiger partial charge in [0.1, 0.15) is 6.61 Å². The molecule has 0 aliphatic carbocycles. The normalized spacial score (nSPS) is 12.5. The van der Waals surface area contributed by atoms with E-state index < -0.39 is 32.5 Å². The molecule has 0 heterocycles. The number of unbranched alkanes of at least 4 members (excludes halogenated alkanes) is 30. The van der Waals surface area contributed by atoms with Gasteiger partial charge >= 0.3 is 19.8 Å². The highest BCUT2D eigenvalue weighted by Gasteiger charge is 2.23. The fourth-order valence-electron chi connectivity index (χ4n) is 6.65. The van der Waals surface area contributed by atoms with Crippen molar-refractivity contribution in [2.75, 3.05) is 13.2 Å². The van der Waals surface area contributed by atoms with Crippen LogP contribution in [0.1, 0.15) is 239 Å². The van der Waals surface area contributed by atoms with E-state index in [1.54, 1.807) is 0 Å². The Balaban J connectivity index is 3.74. The molecule has 0 aromatic rings. The monoisotopic (exact) mass is 773 g/mol. The molecule has 0 aliphatic heterocycles. The summed E-state index contributed by atoms with van der Waals surface area (Å²) < 4.78 is 26.4. The lowest BCUT2D eigenvalue weighted by molar-refractivity contribution is -0.161. The van der Waals surface area contributed by atoms with Crippen LogP contribution in [0.25, 0.3) is 0 Å². The van der Waals surface area contributed by atoms with Crippen LogP contribution < -0.4 is 0 Å². The third-order valence-corrected chi connectivity index (χ3v) is 10.5. The molecule has 53 heavy (non-hydrogen) atoms. The summed E-state index contributed by atoms with van der Waals surface area (Å²) in [5.74, 6) is -0.884. The van der Waals surface area contributed by atoms with Crippen molar-refractivity contribution in [3.05, 3.63) is 12.2 Å². The molecule has 0 aromatic carbocycles. The first-order valence-corrected chi connectivity index (χ1v) is 24.0. The molecule has 0 saturated carbocycles. The molecule has 1 unspecified atom stereocenters. The van der Waals surface area contributed by atoms with Gasteiger partial charge in [0.25, 0.3) is 0 Å². The van der Waals surface area contributed by atoms with E-state index in [2.05, 4.69) is 30.5 Å². The first-order chi connectivity index (χ1) is 25.8. The van der Waals surface area contributed by atoms with Gasteiger partial charge in [-0.3, -0.25) is 14.1 Å². The Morgan fingerprint density at radius 1 is 0.472 bits per heavy atom. The summed E-state index contributed by atoms with van der Waals surface area (Å²) in [5, 5.41) is 0. The summed E-state index contributed by atoms with van der Waals surface area (Å²) in [4.78, 5) is 42.8. The molecule has 9 heteroatoms. The van der Waals surface area contributed by atoms with E-state index in [1.165, 1.54) is 148 Å². The summed E-state index contributed by atoms with van der Waals surface area (Å²) >= 11 is 0. The number of ether oxygens (including phenoxy) is 2. The quantitative estimate of drug-likeness (QED) is 0.0272. The highest BCUT2D eigenvalue weighted by Crippen LogP contribution is 2.36. The Bertz CT molecular complexity index is 873. The first kappa shape index (κ1) is 51.8. The second-order valence-corrected chi connectivity index (χ2v) is 16.6. The molecule has 0 rings (SSSR count). The number of carbonyl (C=O) groups is 2. The smallest absolute Gasteiger partial charge is 0.462 e. The largest absolute Gasteiger partial charge is 0.469 e. The summed E-state index contributed by atoms with van der Waals surface area (Å²) in [6, 6.07) is 0. The Morgan fingerprint density at radius 2 is 0.811 bits per heavy atom. The van der Waals surface area contributed by atoms with Crippen molar-refractivity contribution >= 4 is 19.8 Å². The van der Waals surface area contributed by atoms with Crippen molar-refractivity contribution in [3.63, 3.8) is 0 Å². The van der Waals surface area contributed by atoms with Crippen LogP contribution in [0.4, 0.5) is 0 Å². The second kappa shape index (κ2) is 40.5. The topological polar surface area (TPSA) is 119 Å². The van der Waals surface area contributed by atoms with Gasteiger partial charge < -0.3 is 19.3 Å². The maximum Gasteiger partial charge on any atom is 0.469 e. The molecule has 8 nitrogen and oxygen atoms in total. The highest BCUT2D eigenvalue weighted by molar-refractivity contribution is 7.46. The van der Waals surface area contributed by atoms with Crippen LogP contribution in [0, 0.1) is 0 Å². The average molecular weight is 773 g/mol.